The van der Waals surface area contributed by atoms with E-state index in [9.17, 15) is 18.0 Å². The number of hydrogen-bond acceptors (Lipinski definition) is 7. The highest BCUT2D eigenvalue weighted by molar-refractivity contribution is 7.84. The summed E-state index contributed by atoms with van der Waals surface area (Å²) < 4.78 is 26.8. The van der Waals surface area contributed by atoms with E-state index in [0.29, 0.717) is 12.0 Å². The molecule has 10 heteroatoms. The fourth-order valence-corrected chi connectivity index (χ4v) is 4.49. The molecule has 0 saturated carbocycles. The number of carbonyl (C=O) groups excluding carboxylic acids is 2. The van der Waals surface area contributed by atoms with Gasteiger partial charge in [-0.15, -0.1) is 11.3 Å². The maximum absolute atomic E-state index is 12.7. The Morgan fingerprint density at radius 1 is 1.09 bits per heavy atom. The summed E-state index contributed by atoms with van der Waals surface area (Å²) in [5.41, 5.74) is 2.36. The highest BCUT2D eigenvalue weighted by Gasteiger charge is 2.20. The second-order valence-corrected chi connectivity index (χ2v) is 9.41. The third kappa shape index (κ3) is 7.77. The fraction of sp³-hybridized carbons (Fsp3) is 0.261. The Kier molecular flexibility index (Phi) is 8.32. The van der Waals surface area contributed by atoms with E-state index in [0.717, 1.165) is 22.7 Å². The number of amides is 1. The van der Waals surface area contributed by atoms with Crippen LogP contribution in [0.5, 0.6) is 5.75 Å². The molecule has 3 N–H and O–H groups in total. The van der Waals surface area contributed by atoms with Gasteiger partial charge in [-0.3, -0.25) is 9.59 Å². The first kappa shape index (κ1) is 24.6. The number of nitrogens with two attached hydrogens (primary N) is 1. The lowest BCUT2D eigenvalue weighted by Gasteiger charge is -2.17. The van der Waals surface area contributed by atoms with E-state index in [1.165, 1.54) is 23.5 Å². The molecule has 1 unspecified atom stereocenters. The zero-order valence-corrected chi connectivity index (χ0v) is 19.7. The minimum Gasteiger partial charge on any atom is -0.371 e. The van der Waals surface area contributed by atoms with Crippen molar-refractivity contribution in [1.29, 1.82) is 0 Å². The van der Waals surface area contributed by atoms with Gasteiger partial charge in [-0.25, -0.2) is 4.98 Å². The first-order chi connectivity index (χ1) is 15.7. The topological polar surface area (TPSA) is 128 Å². The van der Waals surface area contributed by atoms with Crippen LogP contribution in [0.2, 0.25) is 0 Å². The van der Waals surface area contributed by atoms with Crippen molar-refractivity contribution in [1.82, 2.24) is 10.3 Å². The van der Waals surface area contributed by atoms with E-state index in [2.05, 4.69) is 14.5 Å². The standard InChI is InChI=1S/C23H25N3O5S2/c1-2-18-15-32-23(25-18)20(14-16-8-10-19(11-9-16)31-33(24,29)30)26-22(28)13-12-21(27)17-6-4-3-5-7-17/h3-11,15,20H,2,12-14H2,1H3,(H,26,28)(H2,24,29,30). The van der Waals surface area contributed by atoms with Crippen LogP contribution in [-0.4, -0.2) is 25.1 Å². The SMILES string of the molecule is CCc1csc(C(Cc2ccc(OS(N)(=O)=O)cc2)NC(=O)CCC(=O)c2ccccc2)n1. The van der Waals surface area contributed by atoms with Crippen LogP contribution in [0.15, 0.2) is 60.0 Å². The molecule has 0 aliphatic heterocycles. The van der Waals surface area contributed by atoms with Gasteiger partial charge in [-0.1, -0.05) is 49.4 Å². The highest BCUT2D eigenvalue weighted by Crippen LogP contribution is 2.24. The number of benzene rings is 2. The number of nitrogens with one attached hydrogen (secondary N) is 1. The van der Waals surface area contributed by atoms with Crippen molar-refractivity contribution in [2.24, 2.45) is 5.14 Å². The molecule has 0 saturated heterocycles. The second-order valence-electron chi connectivity index (χ2n) is 7.36. The number of thiazole rings is 1. The van der Waals surface area contributed by atoms with Crippen molar-refractivity contribution in [3.8, 4) is 5.75 Å². The number of Topliss-reactive ketones (excluding diaryl/α,β-unsaturated/α-hetero) is 1. The molecule has 1 amide bonds. The molecule has 174 valence electrons. The van der Waals surface area contributed by atoms with Crippen LogP contribution in [0, 0.1) is 0 Å². The molecule has 2 aromatic carbocycles. The normalized spacial score (nSPS) is 12.2. The van der Waals surface area contributed by atoms with Gasteiger partial charge in [0.1, 0.15) is 10.8 Å². The van der Waals surface area contributed by atoms with Crippen LogP contribution in [-0.2, 0) is 27.9 Å². The van der Waals surface area contributed by atoms with E-state index in [1.54, 1.807) is 36.4 Å². The zero-order chi connectivity index (χ0) is 23.8. The molecule has 0 aliphatic rings. The Morgan fingerprint density at radius 3 is 2.39 bits per heavy atom. The van der Waals surface area contributed by atoms with Crippen molar-refractivity contribution in [2.75, 3.05) is 0 Å². The van der Waals surface area contributed by atoms with Crippen LogP contribution < -0.4 is 14.6 Å². The summed E-state index contributed by atoms with van der Waals surface area (Å²) in [4.78, 5) is 29.6. The fourth-order valence-electron chi connectivity index (χ4n) is 3.16. The molecule has 0 fully saturated rings. The number of carbonyl (C=O) groups is 2. The summed E-state index contributed by atoms with van der Waals surface area (Å²) in [5, 5.41) is 10.6. The van der Waals surface area contributed by atoms with Crippen molar-refractivity contribution in [3.63, 3.8) is 0 Å². The number of nitrogens with zero attached hydrogens (tertiary/aromatic N) is 1. The summed E-state index contributed by atoms with van der Waals surface area (Å²) in [5.74, 6) is -0.231. The lowest BCUT2D eigenvalue weighted by molar-refractivity contribution is -0.121. The number of ketones is 1. The lowest BCUT2D eigenvalue weighted by Crippen LogP contribution is -2.30. The van der Waals surface area contributed by atoms with Crippen LogP contribution in [0.3, 0.4) is 0 Å². The molecular weight excluding hydrogens is 462 g/mol. The van der Waals surface area contributed by atoms with Crippen molar-refractivity contribution < 1.29 is 22.2 Å². The summed E-state index contributed by atoms with van der Waals surface area (Å²) >= 11 is 1.46. The largest absolute Gasteiger partial charge is 0.380 e. The molecule has 0 bridgehead atoms. The Labute approximate surface area is 197 Å². The van der Waals surface area contributed by atoms with Crippen molar-refractivity contribution in [2.45, 2.75) is 38.6 Å². The summed E-state index contributed by atoms with van der Waals surface area (Å²) in [7, 11) is -4.10. The van der Waals surface area contributed by atoms with E-state index < -0.39 is 10.3 Å². The lowest BCUT2D eigenvalue weighted by atomic mass is 10.0. The van der Waals surface area contributed by atoms with Crippen LogP contribution >= 0.6 is 11.3 Å². The molecule has 0 aliphatic carbocycles. The maximum Gasteiger partial charge on any atom is 0.380 e. The van der Waals surface area contributed by atoms with Gasteiger partial charge in [0.15, 0.2) is 5.78 Å². The molecule has 1 aromatic heterocycles. The van der Waals surface area contributed by atoms with Gasteiger partial charge < -0.3 is 9.50 Å². The molecule has 0 spiro atoms. The zero-order valence-electron chi connectivity index (χ0n) is 18.1. The highest BCUT2D eigenvalue weighted by atomic mass is 32.2. The van der Waals surface area contributed by atoms with Gasteiger partial charge in [-0.05, 0) is 30.5 Å². The summed E-state index contributed by atoms with van der Waals surface area (Å²) in [6.07, 6.45) is 1.39. The molecule has 1 heterocycles. The molecule has 0 radical (unpaired) electrons. The van der Waals surface area contributed by atoms with Gasteiger partial charge in [0.05, 0.1) is 11.7 Å². The Bertz CT molecular complexity index is 1190. The first-order valence-corrected chi connectivity index (χ1v) is 12.7. The third-order valence-electron chi connectivity index (χ3n) is 4.82. The molecule has 3 aromatic rings. The number of aromatic nitrogens is 1. The van der Waals surface area contributed by atoms with Gasteiger partial charge in [0.25, 0.3) is 0 Å². The maximum atomic E-state index is 12.7. The van der Waals surface area contributed by atoms with Crippen LogP contribution in [0.4, 0.5) is 0 Å². The Hall–Kier alpha value is -3.08. The average molecular weight is 488 g/mol. The second kappa shape index (κ2) is 11.2. The summed E-state index contributed by atoms with van der Waals surface area (Å²) in [6, 6.07) is 14.9. The Balaban J connectivity index is 1.68. The van der Waals surface area contributed by atoms with Crippen LogP contribution in [0.25, 0.3) is 0 Å². The molecule has 1 atom stereocenters. The van der Waals surface area contributed by atoms with E-state index >= 15 is 0 Å². The number of rotatable bonds is 11. The van der Waals surface area contributed by atoms with Gasteiger partial charge in [0.2, 0.25) is 5.91 Å². The van der Waals surface area contributed by atoms with Gasteiger partial charge in [-0.2, -0.15) is 13.6 Å². The van der Waals surface area contributed by atoms with Crippen LogP contribution in [0.1, 0.15) is 52.4 Å². The van der Waals surface area contributed by atoms with E-state index in [1.807, 2.05) is 18.4 Å². The quantitative estimate of drug-likeness (QED) is 0.399. The Morgan fingerprint density at radius 2 is 1.79 bits per heavy atom. The third-order valence-corrected chi connectivity index (χ3v) is 6.25. The van der Waals surface area contributed by atoms with Gasteiger partial charge >= 0.3 is 10.3 Å². The minimum atomic E-state index is -4.10. The predicted octanol–water partition coefficient (Wildman–Crippen LogP) is 3.35. The average Bonchev–Trinajstić information content (AvgIpc) is 3.27. The smallest absolute Gasteiger partial charge is 0.371 e. The van der Waals surface area contributed by atoms with Crippen molar-refractivity contribution in [3.05, 3.63) is 81.8 Å². The molecule has 3 rings (SSSR count). The van der Waals surface area contributed by atoms with E-state index in [4.69, 9.17) is 5.14 Å². The van der Waals surface area contributed by atoms with Crippen molar-refractivity contribution >= 4 is 33.3 Å². The summed E-state index contributed by atoms with van der Waals surface area (Å²) in [6.45, 7) is 2.01. The molecule has 33 heavy (non-hydrogen) atoms. The minimum absolute atomic E-state index is 0.0668. The molecular formula is C23H25N3O5S2. The predicted molar refractivity (Wildman–Crippen MR) is 126 cm³/mol. The monoisotopic (exact) mass is 487 g/mol. The molecule has 8 nitrogen and oxygen atoms in total. The van der Waals surface area contributed by atoms with Gasteiger partial charge in [0, 0.05) is 23.8 Å². The first-order valence-electron chi connectivity index (χ1n) is 10.4. The number of hydrogen-bond donors (Lipinski definition) is 2. The number of aryl methyl sites for hydroxylation is 1. The van der Waals surface area contributed by atoms with E-state index in [-0.39, 0.29) is 36.3 Å².